The Morgan fingerprint density at radius 2 is 0.735 bits per heavy atom. The van der Waals surface area contributed by atoms with Gasteiger partial charge in [-0.3, -0.25) is 0 Å². The van der Waals surface area contributed by atoms with Crippen molar-refractivity contribution in [1.82, 2.24) is 0 Å². The molecule has 0 fully saturated rings. The molecule has 0 unspecified atom stereocenters. The molecule has 1 aliphatic rings. The largest absolute Gasteiger partial charge is 0.388 e. The minimum Gasteiger partial charge on any atom is -0.388 e. The highest BCUT2D eigenvalue weighted by molar-refractivity contribution is 5.82. The van der Waals surface area contributed by atoms with Crippen LogP contribution in [0.2, 0.25) is 0 Å². The lowest BCUT2D eigenvalue weighted by molar-refractivity contribution is 0.277. The average Bonchev–Trinajstić information content (AvgIpc) is 3.09. The van der Waals surface area contributed by atoms with E-state index in [0.717, 1.165) is 0 Å². The number of benzene rings is 4. The van der Waals surface area contributed by atoms with Gasteiger partial charge in [-0.2, -0.15) is 0 Å². The molecule has 0 aromatic heterocycles. The van der Waals surface area contributed by atoms with E-state index in [1.54, 1.807) is 28.4 Å². The Labute approximate surface area is 207 Å². The quantitative estimate of drug-likeness (QED) is 0.262. The number of methoxy groups -OCH3 is 2. The second-order valence-electron chi connectivity index (χ2n) is 8.59. The molecule has 0 saturated carbocycles. The van der Waals surface area contributed by atoms with E-state index >= 15 is 0 Å². The summed E-state index contributed by atoms with van der Waals surface area (Å²) in [6.45, 7) is 8.86. The molecule has 2 heteroatoms. The molecule has 0 spiro atoms. The summed E-state index contributed by atoms with van der Waals surface area (Å²) in [5.41, 5.74) is 5.86. The van der Waals surface area contributed by atoms with E-state index in [-0.39, 0.29) is 5.41 Å². The lowest BCUT2D eigenvalue weighted by Gasteiger charge is -2.20. The van der Waals surface area contributed by atoms with E-state index in [9.17, 15) is 0 Å². The normalized spacial score (nSPS) is 11.5. The molecule has 0 aliphatic heterocycles. The first-order chi connectivity index (χ1) is 16.4. The van der Waals surface area contributed by atoms with Crippen LogP contribution in [0.5, 0.6) is 0 Å². The maximum Gasteiger partial charge on any atom is 0.0351 e. The van der Waals surface area contributed by atoms with Crippen molar-refractivity contribution in [2.45, 2.75) is 39.5 Å². The van der Waals surface area contributed by atoms with Gasteiger partial charge in [0.15, 0.2) is 0 Å². The van der Waals surface area contributed by atoms with Crippen LogP contribution in [0.3, 0.4) is 0 Å². The van der Waals surface area contributed by atoms with Crippen molar-refractivity contribution in [2.75, 3.05) is 28.4 Å². The highest BCUT2D eigenvalue weighted by Crippen LogP contribution is 2.47. The molecule has 0 N–H and O–H groups in total. The third-order valence-electron chi connectivity index (χ3n) is 5.15. The molecule has 182 valence electrons. The van der Waals surface area contributed by atoms with Crippen LogP contribution in [0.25, 0.3) is 21.9 Å². The van der Waals surface area contributed by atoms with Gasteiger partial charge in [0.2, 0.25) is 0 Å². The lowest BCUT2D eigenvalue weighted by Crippen LogP contribution is -2.14. The topological polar surface area (TPSA) is 18.5 Å². The summed E-state index contributed by atoms with van der Waals surface area (Å²) in [7, 11) is 6.50. The van der Waals surface area contributed by atoms with E-state index in [0.29, 0.717) is 0 Å². The van der Waals surface area contributed by atoms with Gasteiger partial charge in [-0.05, 0) is 33.0 Å². The molecule has 1 aliphatic carbocycles. The van der Waals surface area contributed by atoms with Gasteiger partial charge < -0.3 is 9.47 Å². The Bertz CT molecular complexity index is 965. The Morgan fingerprint density at radius 1 is 0.500 bits per heavy atom. The molecule has 0 saturated heterocycles. The molecular formula is C32H42O2. The smallest absolute Gasteiger partial charge is 0.0351 e. The van der Waals surface area contributed by atoms with Crippen molar-refractivity contribution in [3.63, 3.8) is 0 Å². The van der Waals surface area contributed by atoms with Gasteiger partial charge in [0.05, 0.1) is 0 Å². The van der Waals surface area contributed by atoms with Crippen molar-refractivity contribution in [3.8, 4) is 11.1 Å². The van der Waals surface area contributed by atoms with Crippen molar-refractivity contribution in [1.29, 1.82) is 0 Å². The average molecular weight is 459 g/mol. The summed E-state index contributed by atoms with van der Waals surface area (Å²) in [6, 6.07) is 34.2. The van der Waals surface area contributed by atoms with Crippen molar-refractivity contribution >= 4 is 10.8 Å². The number of hydrogen-bond acceptors (Lipinski definition) is 2. The summed E-state index contributed by atoms with van der Waals surface area (Å²) in [5.74, 6) is 0. The first kappa shape index (κ1) is 29.1. The van der Waals surface area contributed by atoms with Crippen molar-refractivity contribution in [3.05, 3.63) is 108 Å². The summed E-state index contributed by atoms with van der Waals surface area (Å²) in [5, 5.41) is 2.62. The highest BCUT2D eigenvalue weighted by Gasteiger charge is 2.34. The van der Waals surface area contributed by atoms with Crippen LogP contribution in [0.4, 0.5) is 0 Å². The molecule has 2 nitrogen and oxygen atoms in total. The predicted octanol–water partition coefficient (Wildman–Crippen LogP) is 8.77. The Balaban J connectivity index is 0.000000263. The zero-order valence-electron chi connectivity index (χ0n) is 22.3. The van der Waals surface area contributed by atoms with Crippen LogP contribution >= 0.6 is 0 Å². The Morgan fingerprint density at radius 3 is 1.03 bits per heavy atom. The molecule has 0 bridgehead atoms. The number of fused-ring (bicyclic) bond motifs is 4. The molecule has 5 rings (SSSR count). The van der Waals surface area contributed by atoms with E-state index in [1.807, 2.05) is 0 Å². The molecule has 4 aromatic carbocycles. The second kappa shape index (κ2) is 15.8. The third kappa shape index (κ3) is 8.13. The van der Waals surface area contributed by atoms with Crippen LogP contribution in [-0.2, 0) is 14.9 Å². The lowest BCUT2D eigenvalue weighted by atomic mass is 9.82. The van der Waals surface area contributed by atoms with Gasteiger partial charge in [0.1, 0.15) is 0 Å². The van der Waals surface area contributed by atoms with E-state index in [1.165, 1.54) is 39.4 Å². The van der Waals surface area contributed by atoms with E-state index < -0.39 is 0 Å². The maximum atomic E-state index is 4.25. The molecule has 0 atom stereocenters. The Kier molecular flexibility index (Phi) is 13.5. The fourth-order valence-electron chi connectivity index (χ4n) is 3.80. The maximum absolute atomic E-state index is 4.25. The van der Waals surface area contributed by atoms with Crippen LogP contribution in [0.15, 0.2) is 97.1 Å². The monoisotopic (exact) mass is 458 g/mol. The first-order valence-corrected chi connectivity index (χ1v) is 11.9. The fourth-order valence-corrected chi connectivity index (χ4v) is 3.80. The van der Waals surface area contributed by atoms with Gasteiger partial charge in [-0.1, -0.05) is 131 Å². The van der Waals surface area contributed by atoms with Crippen LogP contribution in [-0.4, -0.2) is 28.4 Å². The summed E-state index contributed by atoms with van der Waals surface area (Å²) in [4.78, 5) is 0. The SMILES string of the molecule is CC1(C)c2ccccc2-c2ccccc21.CCC.COC.COC.c1ccc2ccccc2c1. The fraction of sp³-hybridized carbons (Fsp3) is 0.312. The van der Waals surface area contributed by atoms with Crippen molar-refractivity contribution < 1.29 is 9.47 Å². The molecule has 34 heavy (non-hydrogen) atoms. The number of hydrogen-bond donors (Lipinski definition) is 0. The second-order valence-corrected chi connectivity index (χ2v) is 8.59. The van der Waals surface area contributed by atoms with Gasteiger partial charge in [0, 0.05) is 33.9 Å². The summed E-state index contributed by atoms with van der Waals surface area (Å²) in [6.07, 6.45) is 1.25. The predicted molar refractivity (Wildman–Crippen MR) is 150 cm³/mol. The van der Waals surface area contributed by atoms with Gasteiger partial charge in [-0.15, -0.1) is 0 Å². The zero-order chi connectivity index (χ0) is 25.4. The van der Waals surface area contributed by atoms with E-state index in [4.69, 9.17) is 0 Å². The van der Waals surface area contributed by atoms with Gasteiger partial charge in [-0.25, -0.2) is 0 Å². The van der Waals surface area contributed by atoms with Crippen LogP contribution in [0.1, 0.15) is 45.2 Å². The van der Waals surface area contributed by atoms with E-state index in [2.05, 4.69) is 134 Å². The molecule has 0 heterocycles. The Hall–Kier alpha value is -2.94. The van der Waals surface area contributed by atoms with Gasteiger partial charge >= 0.3 is 0 Å². The zero-order valence-corrected chi connectivity index (χ0v) is 22.3. The summed E-state index contributed by atoms with van der Waals surface area (Å²) >= 11 is 0. The third-order valence-corrected chi connectivity index (χ3v) is 5.15. The van der Waals surface area contributed by atoms with Crippen LogP contribution < -0.4 is 0 Å². The number of ether oxygens (including phenoxy) is 2. The summed E-state index contributed by atoms with van der Waals surface area (Å²) < 4.78 is 8.50. The van der Waals surface area contributed by atoms with Crippen molar-refractivity contribution in [2.24, 2.45) is 0 Å². The molecule has 0 amide bonds. The highest BCUT2D eigenvalue weighted by atomic mass is 16.5. The minimum atomic E-state index is 0.160. The number of rotatable bonds is 0. The minimum absolute atomic E-state index is 0.160. The molecular weight excluding hydrogens is 416 g/mol. The standard InChI is InChI=1S/C15H14.C10H8.C3H8.2C2H6O/c1-15(2)13-9-5-3-7-11(13)12-8-4-6-10-14(12)15;1-2-6-10-8-4-3-7-9(10)5-1;3*1-3-2/h3-10H,1-2H3;1-8H;3H2,1-2H3;2*1-2H3. The van der Waals surface area contributed by atoms with Gasteiger partial charge in [0.25, 0.3) is 0 Å². The molecule has 4 aromatic rings. The first-order valence-electron chi connectivity index (χ1n) is 11.9. The van der Waals surface area contributed by atoms with Crippen LogP contribution in [0, 0.1) is 0 Å². The molecule has 0 radical (unpaired) electrons.